The normalized spacial score (nSPS) is 15.2. The van der Waals surface area contributed by atoms with E-state index in [1.807, 2.05) is 0 Å². The third kappa shape index (κ3) is 7.28. The zero-order valence-electron chi connectivity index (χ0n) is 13.8. The Balaban J connectivity index is 4.70. The molecule has 0 aromatic carbocycles. The molecule has 0 aliphatic rings. The molecule has 0 aliphatic carbocycles. The number of aliphatic hydroxyl groups excluding tert-OH is 1. The first kappa shape index (κ1) is 18.9. The van der Waals surface area contributed by atoms with Gasteiger partial charge in [0.1, 0.15) is 0 Å². The lowest BCUT2D eigenvalue weighted by atomic mass is 9.84. The van der Waals surface area contributed by atoms with Gasteiger partial charge >= 0.3 is 0 Å². The van der Waals surface area contributed by atoms with Crippen LogP contribution in [0.15, 0.2) is 0 Å². The zero-order valence-corrected chi connectivity index (χ0v) is 13.8. The van der Waals surface area contributed by atoms with E-state index in [1.54, 1.807) is 0 Å². The summed E-state index contributed by atoms with van der Waals surface area (Å²) < 4.78 is 0. The van der Waals surface area contributed by atoms with Crippen molar-refractivity contribution >= 4 is 0 Å². The van der Waals surface area contributed by atoms with E-state index in [2.05, 4.69) is 44.8 Å². The fourth-order valence-corrected chi connectivity index (χ4v) is 3.07. The van der Waals surface area contributed by atoms with E-state index in [1.165, 1.54) is 25.7 Å². The Bertz CT molecular complexity index is 207. The Labute approximate surface area is 120 Å². The number of nitrogens with one attached hydrogen (secondary N) is 1. The maximum absolute atomic E-state index is 9.32. The van der Waals surface area contributed by atoms with E-state index < -0.39 is 0 Å². The van der Waals surface area contributed by atoms with Gasteiger partial charge in [-0.1, -0.05) is 41.0 Å². The Morgan fingerprint density at radius 3 is 2.21 bits per heavy atom. The molecule has 0 aromatic heterocycles. The molecule has 0 saturated heterocycles. The van der Waals surface area contributed by atoms with Crippen LogP contribution in [0, 0.1) is 5.41 Å². The second-order valence-corrected chi connectivity index (χ2v) is 6.01. The van der Waals surface area contributed by atoms with Gasteiger partial charge in [0.05, 0.1) is 6.61 Å². The molecule has 2 N–H and O–H groups in total. The van der Waals surface area contributed by atoms with Crippen molar-refractivity contribution in [2.24, 2.45) is 5.41 Å². The first-order valence-corrected chi connectivity index (χ1v) is 8.12. The Hall–Kier alpha value is -0.120. The maximum atomic E-state index is 9.32. The van der Waals surface area contributed by atoms with Crippen LogP contribution in [0.25, 0.3) is 0 Å². The monoisotopic (exact) mass is 272 g/mol. The maximum Gasteiger partial charge on any atom is 0.0558 e. The zero-order chi connectivity index (χ0) is 14.7. The predicted octanol–water partition coefficient (Wildman–Crippen LogP) is 2.89. The summed E-state index contributed by atoms with van der Waals surface area (Å²) in [5.74, 6) is 0. The second-order valence-electron chi connectivity index (χ2n) is 6.01. The minimum absolute atomic E-state index is 0.264. The molecule has 0 heterocycles. The molecule has 0 radical (unpaired) electrons. The highest BCUT2D eigenvalue weighted by atomic mass is 16.3. The molecule has 1 atom stereocenters. The molecule has 0 amide bonds. The minimum Gasteiger partial charge on any atom is -0.395 e. The summed E-state index contributed by atoms with van der Waals surface area (Å²) in [5.41, 5.74) is 0.308. The van der Waals surface area contributed by atoms with Gasteiger partial charge in [-0.25, -0.2) is 0 Å². The molecule has 0 fully saturated rings. The topological polar surface area (TPSA) is 35.5 Å². The predicted molar refractivity (Wildman–Crippen MR) is 84.6 cm³/mol. The van der Waals surface area contributed by atoms with Crippen LogP contribution < -0.4 is 5.32 Å². The van der Waals surface area contributed by atoms with Crippen LogP contribution in [0.2, 0.25) is 0 Å². The average molecular weight is 272 g/mol. The van der Waals surface area contributed by atoms with Crippen LogP contribution in [0.4, 0.5) is 0 Å². The number of hydrogen-bond donors (Lipinski definition) is 2. The minimum atomic E-state index is 0.264. The molecule has 0 saturated carbocycles. The average Bonchev–Trinajstić information content (AvgIpc) is 2.38. The Morgan fingerprint density at radius 2 is 1.79 bits per heavy atom. The third-order valence-electron chi connectivity index (χ3n) is 4.09. The smallest absolute Gasteiger partial charge is 0.0558 e. The highest BCUT2D eigenvalue weighted by molar-refractivity contribution is 4.83. The summed E-state index contributed by atoms with van der Waals surface area (Å²) in [7, 11) is 0. The fraction of sp³-hybridized carbons (Fsp3) is 1.00. The van der Waals surface area contributed by atoms with Gasteiger partial charge in [-0.3, -0.25) is 4.90 Å². The molecule has 0 spiro atoms. The number of nitrogens with zero attached hydrogens (tertiary/aromatic N) is 1. The van der Waals surface area contributed by atoms with Gasteiger partial charge in [-0.05, 0) is 31.2 Å². The second kappa shape index (κ2) is 10.6. The number of hydrogen-bond acceptors (Lipinski definition) is 3. The third-order valence-corrected chi connectivity index (χ3v) is 4.09. The van der Waals surface area contributed by atoms with Gasteiger partial charge < -0.3 is 10.4 Å². The highest BCUT2D eigenvalue weighted by Crippen LogP contribution is 2.26. The van der Waals surface area contributed by atoms with Crippen molar-refractivity contribution in [3.8, 4) is 0 Å². The number of aliphatic hydroxyl groups is 1. The van der Waals surface area contributed by atoms with Crippen molar-refractivity contribution < 1.29 is 5.11 Å². The first-order chi connectivity index (χ1) is 9.06. The van der Waals surface area contributed by atoms with E-state index in [0.29, 0.717) is 11.5 Å². The quantitative estimate of drug-likeness (QED) is 0.573. The molecule has 1 unspecified atom stereocenters. The van der Waals surface area contributed by atoms with Crippen LogP contribution in [-0.2, 0) is 0 Å². The van der Waals surface area contributed by atoms with E-state index in [4.69, 9.17) is 0 Å². The summed E-state index contributed by atoms with van der Waals surface area (Å²) in [5, 5.41) is 12.8. The highest BCUT2D eigenvalue weighted by Gasteiger charge is 2.28. The van der Waals surface area contributed by atoms with Gasteiger partial charge in [-0.15, -0.1) is 0 Å². The molecular weight excluding hydrogens is 236 g/mol. The lowest BCUT2D eigenvalue weighted by Gasteiger charge is -2.39. The largest absolute Gasteiger partial charge is 0.395 e. The first-order valence-electron chi connectivity index (χ1n) is 8.12. The lowest BCUT2D eigenvalue weighted by Crippen LogP contribution is -2.47. The van der Waals surface area contributed by atoms with Gasteiger partial charge in [0.2, 0.25) is 0 Å². The van der Waals surface area contributed by atoms with Gasteiger partial charge in [-0.2, -0.15) is 0 Å². The summed E-state index contributed by atoms with van der Waals surface area (Å²) >= 11 is 0. The molecular formula is C16H36N2O. The lowest BCUT2D eigenvalue weighted by molar-refractivity contribution is 0.0846. The van der Waals surface area contributed by atoms with Crippen LogP contribution in [0.3, 0.4) is 0 Å². The van der Waals surface area contributed by atoms with E-state index in [-0.39, 0.29) is 6.61 Å². The van der Waals surface area contributed by atoms with Crippen molar-refractivity contribution in [2.75, 3.05) is 32.8 Å². The Morgan fingerprint density at radius 1 is 1.16 bits per heavy atom. The summed E-state index contributed by atoms with van der Waals surface area (Å²) in [4.78, 5) is 2.49. The van der Waals surface area contributed by atoms with Crippen LogP contribution in [0.5, 0.6) is 0 Å². The summed E-state index contributed by atoms with van der Waals surface area (Å²) in [6.07, 6.45) is 4.79. The molecule has 3 heteroatoms. The fourth-order valence-electron chi connectivity index (χ4n) is 3.07. The van der Waals surface area contributed by atoms with Gasteiger partial charge in [0.15, 0.2) is 0 Å². The van der Waals surface area contributed by atoms with Crippen molar-refractivity contribution in [1.82, 2.24) is 10.2 Å². The summed E-state index contributed by atoms with van der Waals surface area (Å²) in [6, 6.07) is 0.602. The van der Waals surface area contributed by atoms with Crippen LogP contribution >= 0.6 is 0 Å². The van der Waals surface area contributed by atoms with E-state index in [0.717, 1.165) is 26.2 Å². The molecule has 0 rings (SSSR count). The van der Waals surface area contributed by atoms with Crippen LogP contribution in [0.1, 0.15) is 60.3 Å². The summed E-state index contributed by atoms with van der Waals surface area (Å²) in [6.45, 7) is 15.6. The van der Waals surface area contributed by atoms with Gasteiger partial charge in [0, 0.05) is 25.7 Å². The van der Waals surface area contributed by atoms with E-state index >= 15 is 0 Å². The molecule has 0 aromatic rings. The van der Waals surface area contributed by atoms with Crippen molar-refractivity contribution in [3.05, 3.63) is 0 Å². The van der Waals surface area contributed by atoms with E-state index in [9.17, 15) is 5.11 Å². The molecule has 116 valence electrons. The molecule has 0 bridgehead atoms. The standard InChI is InChI=1S/C16H36N2O/c1-6-10-16(5,13-17-9-4)14-18(11-12-19)15(7-2)8-3/h15,17,19H,6-14H2,1-5H3. The van der Waals surface area contributed by atoms with Crippen LogP contribution in [-0.4, -0.2) is 48.8 Å². The van der Waals surface area contributed by atoms with Crippen molar-refractivity contribution in [1.29, 1.82) is 0 Å². The SMILES string of the molecule is CCCC(C)(CNCC)CN(CCO)C(CC)CC. The number of rotatable bonds is 12. The van der Waals surface area contributed by atoms with Crippen molar-refractivity contribution in [3.63, 3.8) is 0 Å². The van der Waals surface area contributed by atoms with Crippen molar-refractivity contribution in [2.45, 2.75) is 66.3 Å². The molecule has 3 nitrogen and oxygen atoms in total. The molecule has 0 aliphatic heterocycles. The van der Waals surface area contributed by atoms with Gasteiger partial charge in [0.25, 0.3) is 0 Å². The Kier molecular flexibility index (Phi) is 10.6. The molecule has 19 heavy (non-hydrogen) atoms.